The Hall–Kier alpha value is -1.99. The van der Waals surface area contributed by atoms with Crippen LogP contribution in [0.1, 0.15) is 13.3 Å². The maximum absolute atomic E-state index is 11.8. The first-order valence-electron chi connectivity index (χ1n) is 7.10. The molecule has 0 aliphatic heterocycles. The summed E-state index contributed by atoms with van der Waals surface area (Å²) in [6, 6.07) is 6.87. The van der Waals surface area contributed by atoms with Crippen molar-refractivity contribution in [1.82, 2.24) is 20.2 Å². The van der Waals surface area contributed by atoms with E-state index in [1.165, 1.54) is 11.8 Å². The molecule has 6 nitrogen and oxygen atoms in total. The largest absolute Gasteiger partial charge is 0.338 e. The molecule has 0 fully saturated rings. The molecule has 1 aromatic carbocycles. The number of hydrogen-bond acceptors (Lipinski definition) is 4. The average Bonchev–Trinajstić information content (AvgIpc) is 2.99. The van der Waals surface area contributed by atoms with Gasteiger partial charge < -0.3 is 5.32 Å². The molecule has 23 heavy (non-hydrogen) atoms. The SMILES string of the molecule is CCCNC(=O)NC(=O)CSc1nccn1-c1cccc(Cl)c1. The molecule has 0 bridgehead atoms. The lowest BCUT2D eigenvalue weighted by molar-refractivity contribution is -0.117. The van der Waals surface area contributed by atoms with Crippen molar-refractivity contribution in [1.29, 1.82) is 0 Å². The topological polar surface area (TPSA) is 76.0 Å². The molecule has 0 saturated carbocycles. The van der Waals surface area contributed by atoms with Gasteiger partial charge in [0, 0.05) is 29.6 Å². The number of hydrogen-bond donors (Lipinski definition) is 2. The maximum Gasteiger partial charge on any atom is 0.321 e. The van der Waals surface area contributed by atoms with Gasteiger partial charge in [0.05, 0.1) is 5.75 Å². The van der Waals surface area contributed by atoms with Crippen LogP contribution in [0.2, 0.25) is 5.02 Å². The Morgan fingerprint density at radius 2 is 2.22 bits per heavy atom. The van der Waals surface area contributed by atoms with E-state index in [4.69, 9.17) is 11.6 Å². The van der Waals surface area contributed by atoms with Crippen molar-refractivity contribution in [2.75, 3.05) is 12.3 Å². The van der Waals surface area contributed by atoms with Gasteiger partial charge in [-0.25, -0.2) is 9.78 Å². The van der Waals surface area contributed by atoms with Gasteiger partial charge >= 0.3 is 6.03 Å². The lowest BCUT2D eigenvalue weighted by Crippen LogP contribution is -2.40. The van der Waals surface area contributed by atoms with Gasteiger partial charge in [0.2, 0.25) is 5.91 Å². The summed E-state index contributed by atoms with van der Waals surface area (Å²) in [7, 11) is 0. The maximum atomic E-state index is 11.8. The highest BCUT2D eigenvalue weighted by Crippen LogP contribution is 2.22. The summed E-state index contributed by atoms with van der Waals surface area (Å²) in [5.41, 5.74) is 0.860. The van der Waals surface area contributed by atoms with Gasteiger partial charge in [-0.1, -0.05) is 36.4 Å². The molecule has 0 aliphatic rings. The van der Waals surface area contributed by atoms with Crippen LogP contribution in [0, 0.1) is 0 Å². The monoisotopic (exact) mass is 352 g/mol. The van der Waals surface area contributed by atoms with E-state index in [1.54, 1.807) is 18.5 Å². The number of urea groups is 1. The van der Waals surface area contributed by atoms with Crippen LogP contribution >= 0.6 is 23.4 Å². The fourth-order valence-electron chi connectivity index (χ4n) is 1.79. The van der Waals surface area contributed by atoms with Crippen LogP contribution in [-0.2, 0) is 4.79 Å². The highest BCUT2D eigenvalue weighted by molar-refractivity contribution is 7.99. The van der Waals surface area contributed by atoms with Crippen molar-refractivity contribution in [2.45, 2.75) is 18.5 Å². The van der Waals surface area contributed by atoms with Crippen molar-refractivity contribution in [3.8, 4) is 5.69 Å². The minimum atomic E-state index is -0.476. The quantitative estimate of drug-likeness (QED) is 0.784. The van der Waals surface area contributed by atoms with E-state index in [0.717, 1.165) is 12.1 Å². The normalized spacial score (nSPS) is 10.3. The molecule has 0 spiro atoms. The van der Waals surface area contributed by atoms with E-state index in [2.05, 4.69) is 15.6 Å². The Bertz CT molecular complexity index is 690. The fourth-order valence-corrected chi connectivity index (χ4v) is 2.75. The summed E-state index contributed by atoms with van der Waals surface area (Å²) in [6.07, 6.45) is 4.25. The zero-order chi connectivity index (χ0) is 16.7. The van der Waals surface area contributed by atoms with Gasteiger partial charge in [0.25, 0.3) is 0 Å². The molecular weight excluding hydrogens is 336 g/mol. The number of nitrogens with zero attached hydrogens (tertiary/aromatic N) is 2. The van der Waals surface area contributed by atoms with Gasteiger partial charge in [-0.2, -0.15) is 0 Å². The minimum Gasteiger partial charge on any atom is -0.338 e. The Balaban J connectivity index is 1.93. The molecule has 2 N–H and O–H groups in total. The molecule has 0 atom stereocenters. The number of amides is 3. The number of benzene rings is 1. The summed E-state index contributed by atoms with van der Waals surface area (Å²) < 4.78 is 1.83. The van der Waals surface area contributed by atoms with E-state index in [0.29, 0.717) is 16.7 Å². The van der Waals surface area contributed by atoms with Crippen LogP contribution in [-0.4, -0.2) is 33.8 Å². The molecule has 1 heterocycles. The third-order valence-corrected chi connectivity index (χ3v) is 4.02. The highest BCUT2D eigenvalue weighted by atomic mass is 35.5. The average molecular weight is 353 g/mol. The molecule has 2 aromatic rings. The number of aromatic nitrogens is 2. The van der Waals surface area contributed by atoms with Crippen molar-refractivity contribution < 1.29 is 9.59 Å². The molecular formula is C15H17ClN4O2S. The summed E-state index contributed by atoms with van der Waals surface area (Å²) >= 11 is 7.24. The Kier molecular flexibility index (Phi) is 6.49. The van der Waals surface area contributed by atoms with Gasteiger partial charge in [-0.05, 0) is 24.6 Å². The van der Waals surface area contributed by atoms with Gasteiger partial charge in [-0.15, -0.1) is 0 Å². The predicted molar refractivity (Wildman–Crippen MR) is 91.1 cm³/mol. The Morgan fingerprint density at radius 1 is 1.39 bits per heavy atom. The number of thioether (sulfide) groups is 1. The number of nitrogens with one attached hydrogen (secondary N) is 2. The van der Waals surface area contributed by atoms with Crippen molar-refractivity contribution in [2.24, 2.45) is 0 Å². The van der Waals surface area contributed by atoms with Crippen molar-refractivity contribution in [3.63, 3.8) is 0 Å². The van der Waals surface area contributed by atoms with E-state index in [-0.39, 0.29) is 11.7 Å². The standard InChI is InChI=1S/C15H17ClN4O2S/c1-2-6-17-14(22)19-13(21)10-23-15-18-7-8-20(15)12-5-3-4-11(16)9-12/h3-5,7-9H,2,6,10H2,1H3,(H2,17,19,21,22). The first-order valence-corrected chi connectivity index (χ1v) is 8.46. The zero-order valence-electron chi connectivity index (χ0n) is 12.6. The zero-order valence-corrected chi connectivity index (χ0v) is 14.2. The molecule has 1 aromatic heterocycles. The minimum absolute atomic E-state index is 0.0944. The number of carbonyl (C=O) groups is 2. The van der Waals surface area contributed by atoms with E-state index in [9.17, 15) is 9.59 Å². The first kappa shape index (κ1) is 17.4. The third-order valence-electron chi connectivity index (χ3n) is 2.81. The molecule has 2 rings (SSSR count). The second-order valence-electron chi connectivity index (χ2n) is 4.65. The second-order valence-corrected chi connectivity index (χ2v) is 6.03. The van der Waals surface area contributed by atoms with Gasteiger partial charge in [-0.3, -0.25) is 14.7 Å². The Morgan fingerprint density at radius 3 is 2.96 bits per heavy atom. The van der Waals surface area contributed by atoms with Gasteiger partial charge in [0.1, 0.15) is 0 Å². The first-order chi connectivity index (χ1) is 11.1. The van der Waals surface area contributed by atoms with Crippen LogP contribution in [0.5, 0.6) is 0 Å². The number of carbonyl (C=O) groups excluding carboxylic acids is 2. The molecule has 3 amide bonds. The van der Waals surface area contributed by atoms with Crippen LogP contribution < -0.4 is 10.6 Å². The molecule has 0 unspecified atom stereocenters. The lowest BCUT2D eigenvalue weighted by Gasteiger charge is -2.08. The molecule has 8 heteroatoms. The molecule has 0 saturated heterocycles. The number of rotatable bonds is 6. The van der Waals surface area contributed by atoms with Crippen molar-refractivity contribution in [3.05, 3.63) is 41.7 Å². The number of imide groups is 1. The highest BCUT2D eigenvalue weighted by Gasteiger charge is 2.11. The predicted octanol–water partition coefficient (Wildman–Crippen LogP) is 2.85. The molecule has 0 aliphatic carbocycles. The summed E-state index contributed by atoms with van der Waals surface area (Å²) in [6.45, 7) is 2.47. The number of imidazole rings is 1. The second kappa shape index (κ2) is 8.59. The molecule has 122 valence electrons. The van der Waals surface area contributed by atoms with Gasteiger partial charge in [0.15, 0.2) is 5.16 Å². The lowest BCUT2D eigenvalue weighted by atomic mass is 10.3. The number of halogens is 1. The van der Waals surface area contributed by atoms with Crippen LogP contribution in [0.15, 0.2) is 41.8 Å². The van der Waals surface area contributed by atoms with Crippen LogP contribution in [0.25, 0.3) is 5.69 Å². The van der Waals surface area contributed by atoms with Crippen LogP contribution in [0.3, 0.4) is 0 Å². The smallest absolute Gasteiger partial charge is 0.321 e. The van der Waals surface area contributed by atoms with E-state index >= 15 is 0 Å². The van der Waals surface area contributed by atoms with E-state index < -0.39 is 6.03 Å². The fraction of sp³-hybridized carbons (Fsp3) is 0.267. The van der Waals surface area contributed by atoms with Crippen molar-refractivity contribution >= 4 is 35.3 Å². The third kappa shape index (κ3) is 5.30. The Labute approximate surface area is 143 Å². The summed E-state index contributed by atoms with van der Waals surface area (Å²) in [4.78, 5) is 27.4. The van der Waals surface area contributed by atoms with E-state index in [1.807, 2.05) is 29.7 Å². The van der Waals surface area contributed by atoms with Crippen LogP contribution in [0.4, 0.5) is 4.79 Å². The summed E-state index contributed by atoms with van der Waals surface area (Å²) in [5, 5.41) is 6.13. The molecule has 0 radical (unpaired) electrons. The summed E-state index contributed by atoms with van der Waals surface area (Å²) in [5.74, 6) is -0.277.